The number of methoxy groups -OCH3 is 2. The third kappa shape index (κ3) is 3.13. The standard InChI is InChI=1S/C18H16O5/c1-20-13-7-8-14-12(9-18(19)23-17(14)10-13)11-22-16-6-4-3-5-15(16)21-2/h3-10H,11H2,1-2H3. The Hall–Kier alpha value is -2.95. The molecule has 0 spiro atoms. The van der Waals surface area contributed by atoms with E-state index < -0.39 is 5.63 Å². The van der Waals surface area contributed by atoms with Crippen molar-refractivity contribution in [1.82, 2.24) is 0 Å². The number of ether oxygens (including phenoxy) is 3. The highest BCUT2D eigenvalue weighted by atomic mass is 16.5. The molecule has 1 aromatic heterocycles. The van der Waals surface area contributed by atoms with Gasteiger partial charge in [0.05, 0.1) is 14.2 Å². The summed E-state index contributed by atoms with van der Waals surface area (Å²) in [5.41, 5.74) is 0.782. The molecule has 0 radical (unpaired) electrons. The molecule has 0 bridgehead atoms. The Balaban J connectivity index is 1.95. The van der Waals surface area contributed by atoms with E-state index in [1.54, 1.807) is 20.3 Å². The minimum absolute atomic E-state index is 0.231. The van der Waals surface area contributed by atoms with Crippen LogP contribution in [0.25, 0.3) is 11.0 Å². The Morgan fingerprint density at radius 3 is 2.48 bits per heavy atom. The lowest BCUT2D eigenvalue weighted by Crippen LogP contribution is -2.04. The van der Waals surface area contributed by atoms with Gasteiger partial charge in [0.1, 0.15) is 17.9 Å². The van der Waals surface area contributed by atoms with E-state index in [0.717, 1.165) is 10.9 Å². The summed E-state index contributed by atoms with van der Waals surface area (Å²) in [6, 6.07) is 14.1. The molecule has 0 amide bonds. The molecule has 2 aromatic carbocycles. The molecule has 23 heavy (non-hydrogen) atoms. The van der Waals surface area contributed by atoms with Crippen LogP contribution in [-0.2, 0) is 6.61 Å². The number of rotatable bonds is 5. The van der Waals surface area contributed by atoms with Gasteiger partial charge < -0.3 is 18.6 Å². The van der Waals surface area contributed by atoms with Gasteiger partial charge in [-0.25, -0.2) is 4.79 Å². The molecule has 0 aliphatic rings. The van der Waals surface area contributed by atoms with Crippen molar-refractivity contribution >= 4 is 11.0 Å². The first-order chi connectivity index (χ1) is 11.2. The zero-order chi connectivity index (χ0) is 16.2. The Labute approximate surface area is 133 Å². The molecule has 0 saturated heterocycles. The Morgan fingerprint density at radius 1 is 0.957 bits per heavy atom. The lowest BCUT2D eigenvalue weighted by atomic mass is 10.1. The third-order valence-electron chi connectivity index (χ3n) is 3.49. The average Bonchev–Trinajstić information content (AvgIpc) is 2.59. The molecule has 0 atom stereocenters. The smallest absolute Gasteiger partial charge is 0.336 e. The van der Waals surface area contributed by atoms with Gasteiger partial charge in [0.2, 0.25) is 0 Å². The van der Waals surface area contributed by atoms with Crippen LogP contribution in [0.15, 0.2) is 57.7 Å². The van der Waals surface area contributed by atoms with Crippen molar-refractivity contribution in [1.29, 1.82) is 0 Å². The summed E-state index contributed by atoms with van der Waals surface area (Å²) in [5, 5.41) is 0.806. The van der Waals surface area contributed by atoms with Crippen LogP contribution in [0.5, 0.6) is 17.2 Å². The molecule has 3 aromatic rings. The highest BCUT2D eigenvalue weighted by molar-refractivity contribution is 5.81. The van der Waals surface area contributed by atoms with Crippen molar-refractivity contribution in [3.05, 3.63) is 64.5 Å². The number of para-hydroxylation sites is 2. The van der Waals surface area contributed by atoms with Crippen LogP contribution < -0.4 is 19.8 Å². The fraction of sp³-hybridized carbons (Fsp3) is 0.167. The van der Waals surface area contributed by atoms with E-state index in [2.05, 4.69) is 0 Å². The first-order valence-electron chi connectivity index (χ1n) is 7.08. The molecule has 0 saturated carbocycles. The minimum atomic E-state index is -0.427. The average molecular weight is 312 g/mol. The van der Waals surface area contributed by atoms with Crippen LogP contribution in [0, 0.1) is 0 Å². The highest BCUT2D eigenvalue weighted by Crippen LogP contribution is 2.28. The summed E-state index contributed by atoms with van der Waals surface area (Å²) in [5.74, 6) is 1.88. The molecule has 0 unspecified atom stereocenters. The van der Waals surface area contributed by atoms with Gasteiger partial charge in [-0.15, -0.1) is 0 Å². The Morgan fingerprint density at radius 2 is 1.74 bits per heavy atom. The predicted octanol–water partition coefficient (Wildman–Crippen LogP) is 3.39. The lowest BCUT2D eigenvalue weighted by Gasteiger charge is -2.11. The molecule has 1 heterocycles. The van der Waals surface area contributed by atoms with Crippen molar-refractivity contribution in [3.63, 3.8) is 0 Å². The number of hydrogen-bond donors (Lipinski definition) is 0. The molecule has 5 nitrogen and oxygen atoms in total. The van der Waals surface area contributed by atoms with Crippen LogP contribution in [0.1, 0.15) is 5.56 Å². The molecule has 5 heteroatoms. The molecule has 0 aliphatic carbocycles. The molecule has 118 valence electrons. The second kappa shape index (κ2) is 6.44. The maximum absolute atomic E-state index is 11.8. The molecule has 0 aliphatic heterocycles. The largest absolute Gasteiger partial charge is 0.497 e. The highest BCUT2D eigenvalue weighted by Gasteiger charge is 2.09. The fourth-order valence-corrected chi connectivity index (χ4v) is 2.35. The topological polar surface area (TPSA) is 57.9 Å². The maximum Gasteiger partial charge on any atom is 0.336 e. The summed E-state index contributed by atoms with van der Waals surface area (Å²) < 4.78 is 21.4. The Kier molecular flexibility index (Phi) is 4.19. The second-order valence-electron chi connectivity index (χ2n) is 4.89. The maximum atomic E-state index is 11.8. The lowest BCUT2D eigenvalue weighted by molar-refractivity contribution is 0.285. The van der Waals surface area contributed by atoms with Gasteiger partial charge in [-0.3, -0.25) is 0 Å². The third-order valence-corrected chi connectivity index (χ3v) is 3.49. The molecule has 0 N–H and O–H groups in total. The van der Waals surface area contributed by atoms with Crippen LogP contribution in [0.4, 0.5) is 0 Å². The van der Waals surface area contributed by atoms with Crippen LogP contribution in [0.3, 0.4) is 0 Å². The monoisotopic (exact) mass is 312 g/mol. The van der Waals surface area contributed by atoms with Crippen molar-refractivity contribution in [3.8, 4) is 17.2 Å². The minimum Gasteiger partial charge on any atom is -0.497 e. The van der Waals surface area contributed by atoms with Crippen LogP contribution in [-0.4, -0.2) is 14.2 Å². The van der Waals surface area contributed by atoms with Gasteiger partial charge in [-0.1, -0.05) is 12.1 Å². The molecule has 3 rings (SSSR count). The quantitative estimate of drug-likeness (QED) is 0.676. The summed E-state index contributed by atoms with van der Waals surface area (Å²) >= 11 is 0. The fourth-order valence-electron chi connectivity index (χ4n) is 2.35. The van der Waals surface area contributed by atoms with Crippen molar-refractivity contribution in [2.75, 3.05) is 14.2 Å². The van der Waals surface area contributed by atoms with Crippen LogP contribution >= 0.6 is 0 Å². The van der Waals surface area contributed by atoms with Gasteiger partial charge >= 0.3 is 5.63 Å². The van der Waals surface area contributed by atoms with E-state index in [1.807, 2.05) is 36.4 Å². The van der Waals surface area contributed by atoms with E-state index >= 15 is 0 Å². The second-order valence-corrected chi connectivity index (χ2v) is 4.89. The van der Waals surface area contributed by atoms with Gasteiger partial charge in [0, 0.05) is 23.1 Å². The number of fused-ring (bicyclic) bond motifs is 1. The summed E-state index contributed by atoms with van der Waals surface area (Å²) in [6.45, 7) is 0.231. The van der Waals surface area contributed by atoms with Crippen molar-refractivity contribution < 1.29 is 18.6 Å². The van der Waals surface area contributed by atoms with Gasteiger partial charge in [-0.2, -0.15) is 0 Å². The summed E-state index contributed by atoms with van der Waals surface area (Å²) in [7, 11) is 3.15. The van der Waals surface area contributed by atoms with E-state index in [0.29, 0.717) is 22.8 Å². The van der Waals surface area contributed by atoms with E-state index in [4.69, 9.17) is 18.6 Å². The van der Waals surface area contributed by atoms with Gasteiger partial charge in [0.15, 0.2) is 11.5 Å². The van der Waals surface area contributed by atoms with E-state index in [1.165, 1.54) is 6.07 Å². The SMILES string of the molecule is COc1ccc2c(COc3ccccc3OC)cc(=O)oc2c1. The van der Waals surface area contributed by atoms with Crippen molar-refractivity contribution in [2.24, 2.45) is 0 Å². The molecular formula is C18H16O5. The van der Waals surface area contributed by atoms with E-state index in [-0.39, 0.29) is 6.61 Å². The van der Waals surface area contributed by atoms with Gasteiger partial charge in [0.25, 0.3) is 0 Å². The number of benzene rings is 2. The van der Waals surface area contributed by atoms with Gasteiger partial charge in [-0.05, 0) is 24.3 Å². The van der Waals surface area contributed by atoms with Crippen LogP contribution in [0.2, 0.25) is 0 Å². The van der Waals surface area contributed by atoms with Crippen molar-refractivity contribution in [2.45, 2.75) is 6.61 Å². The Bertz CT molecular complexity index is 882. The zero-order valence-electron chi connectivity index (χ0n) is 12.9. The number of hydrogen-bond acceptors (Lipinski definition) is 5. The normalized spacial score (nSPS) is 10.5. The first-order valence-corrected chi connectivity index (χ1v) is 7.08. The molecular weight excluding hydrogens is 296 g/mol. The summed E-state index contributed by atoms with van der Waals surface area (Å²) in [6.07, 6.45) is 0. The molecule has 0 fully saturated rings. The summed E-state index contributed by atoms with van der Waals surface area (Å²) in [4.78, 5) is 11.8. The van der Waals surface area contributed by atoms with E-state index in [9.17, 15) is 4.79 Å². The predicted molar refractivity (Wildman–Crippen MR) is 86.4 cm³/mol. The first kappa shape index (κ1) is 15.0. The zero-order valence-corrected chi connectivity index (χ0v) is 12.9.